The molecule has 5 nitrogen and oxygen atoms in total. The number of hydrogen-bond donors (Lipinski definition) is 2. The van der Waals surface area contributed by atoms with E-state index in [0.29, 0.717) is 16.9 Å². The molecule has 0 aliphatic carbocycles. The first-order valence-electron chi connectivity index (χ1n) is 4.05. The molecule has 2 rings (SSSR count). The standard InChI is InChI=1S/C9H8N2O3/c1-5-6(2-3-14-5)7-4-10-9(13)11-8(7)12/h2-4H,1H3,(H2,10,11,12,13). The summed E-state index contributed by atoms with van der Waals surface area (Å²) >= 11 is 0. The van der Waals surface area contributed by atoms with Gasteiger partial charge in [-0.05, 0) is 13.0 Å². The van der Waals surface area contributed by atoms with Gasteiger partial charge in [0, 0.05) is 11.8 Å². The first-order valence-corrected chi connectivity index (χ1v) is 4.05. The van der Waals surface area contributed by atoms with Crippen LogP contribution in [-0.2, 0) is 0 Å². The maximum atomic E-state index is 11.4. The van der Waals surface area contributed by atoms with Gasteiger partial charge >= 0.3 is 5.69 Å². The number of aryl methyl sites for hydroxylation is 1. The molecule has 2 N–H and O–H groups in total. The molecule has 0 radical (unpaired) electrons. The van der Waals surface area contributed by atoms with E-state index in [9.17, 15) is 9.59 Å². The van der Waals surface area contributed by atoms with Gasteiger partial charge in [0.05, 0.1) is 11.8 Å². The fraction of sp³-hybridized carbons (Fsp3) is 0.111. The van der Waals surface area contributed by atoms with Gasteiger partial charge in [0.2, 0.25) is 0 Å². The Balaban J connectivity index is 2.70. The summed E-state index contributed by atoms with van der Waals surface area (Å²) in [5.74, 6) is 0.641. The smallest absolute Gasteiger partial charge is 0.325 e. The van der Waals surface area contributed by atoms with Gasteiger partial charge in [0.15, 0.2) is 0 Å². The molecule has 0 atom stereocenters. The predicted molar refractivity (Wildman–Crippen MR) is 50.1 cm³/mol. The molecule has 0 aliphatic heterocycles. The molecule has 0 saturated heterocycles. The van der Waals surface area contributed by atoms with E-state index in [4.69, 9.17) is 4.42 Å². The molecule has 0 aliphatic rings. The summed E-state index contributed by atoms with van der Waals surface area (Å²) in [6, 6.07) is 1.68. The quantitative estimate of drug-likeness (QED) is 0.695. The summed E-state index contributed by atoms with van der Waals surface area (Å²) in [5, 5.41) is 0. The van der Waals surface area contributed by atoms with Crippen molar-refractivity contribution in [2.75, 3.05) is 0 Å². The van der Waals surface area contributed by atoms with Crippen molar-refractivity contribution in [2.24, 2.45) is 0 Å². The average molecular weight is 192 g/mol. The molecule has 0 amide bonds. The van der Waals surface area contributed by atoms with E-state index in [0.717, 1.165) is 0 Å². The number of furan rings is 1. The summed E-state index contributed by atoms with van der Waals surface area (Å²) in [6.07, 6.45) is 2.87. The second kappa shape index (κ2) is 3.02. The first-order chi connectivity index (χ1) is 6.68. The van der Waals surface area contributed by atoms with Crippen LogP contribution in [0.15, 0.2) is 32.5 Å². The summed E-state index contributed by atoms with van der Waals surface area (Å²) < 4.78 is 5.06. The van der Waals surface area contributed by atoms with E-state index in [1.165, 1.54) is 12.5 Å². The van der Waals surface area contributed by atoms with Gasteiger partial charge < -0.3 is 9.40 Å². The van der Waals surface area contributed by atoms with Crippen molar-refractivity contribution < 1.29 is 4.42 Å². The van der Waals surface area contributed by atoms with Crippen LogP contribution in [-0.4, -0.2) is 9.97 Å². The number of nitrogens with one attached hydrogen (secondary N) is 2. The maximum Gasteiger partial charge on any atom is 0.325 e. The molecule has 0 unspecified atom stereocenters. The van der Waals surface area contributed by atoms with Crippen LogP contribution in [0.3, 0.4) is 0 Å². The van der Waals surface area contributed by atoms with Gasteiger partial charge in [-0.3, -0.25) is 9.78 Å². The number of hydrogen-bond acceptors (Lipinski definition) is 3. The zero-order valence-corrected chi connectivity index (χ0v) is 7.46. The molecular weight excluding hydrogens is 184 g/mol. The second-order valence-corrected chi connectivity index (χ2v) is 2.88. The molecule has 0 fully saturated rings. The Morgan fingerprint density at radius 2 is 2.07 bits per heavy atom. The molecule has 0 aromatic carbocycles. The number of aromatic amines is 2. The van der Waals surface area contributed by atoms with Gasteiger partial charge in [0.25, 0.3) is 5.56 Å². The zero-order valence-electron chi connectivity index (χ0n) is 7.46. The number of H-pyrrole nitrogens is 2. The van der Waals surface area contributed by atoms with Gasteiger partial charge in [-0.15, -0.1) is 0 Å². The highest BCUT2D eigenvalue weighted by Crippen LogP contribution is 2.19. The van der Waals surface area contributed by atoms with E-state index in [-0.39, 0.29) is 0 Å². The van der Waals surface area contributed by atoms with Crippen molar-refractivity contribution in [3.8, 4) is 11.1 Å². The summed E-state index contributed by atoms with van der Waals surface area (Å²) in [5.41, 5.74) is 0.150. The van der Waals surface area contributed by atoms with Crippen LogP contribution in [0.5, 0.6) is 0 Å². The summed E-state index contributed by atoms with van der Waals surface area (Å²) in [6.45, 7) is 1.75. The Hall–Kier alpha value is -2.04. The Morgan fingerprint density at radius 3 is 2.64 bits per heavy atom. The molecule has 72 valence electrons. The molecular formula is C9H8N2O3. The van der Waals surface area contributed by atoms with E-state index in [1.54, 1.807) is 13.0 Å². The highest BCUT2D eigenvalue weighted by molar-refractivity contribution is 5.62. The highest BCUT2D eigenvalue weighted by atomic mass is 16.3. The van der Waals surface area contributed by atoms with E-state index in [2.05, 4.69) is 9.97 Å². The van der Waals surface area contributed by atoms with E-state index >= 15 is 0 Å². The van der Waals surface area contributed by atoms with Crippen LogP contribution < -0.4 is 11.2 Å². The Bertz CT molecular complexity index is 562. The fourth-order valence-electron chi connectivity index (χ4n) is 1.27. The molecule has 0 spiro atoms. The molecule has 0 saturated carbocycles. The van der Waals surface area contributed by atoms with Gasteiger partial charge in [0.1, 0.15) is 5.76 Å². The van der Waals surface area contributed by atoms with Crippen LogP contribution in [0.2, 0.25) is 0 Å². The zero-order chi connectivity index (χ0) is 10.1. The topological polar surface area (TPSA) is 78.9 Å². The van der Waals surface area contributed by atoms with Gasteiger partial charge in [-0.1, -0.05) is 0 Å². The average Bonchev–Trinajstić information content (AvgIpc) is 2.52. The van der Waals surface area contributed by atoms with E-state index in [1.807, 2.05) is 0 Å². The molecule has 2 heterocycles. The summed E-state index contributed by atoms with van der Waals surface area (Å²) in [7, 11) is 0. The highest BCUT2D eigenvalue weighted by Gasteiger charge is 2.08. The van der Waals surface area contributed by atoms with Crippen molar-refractivity contribution >= 4 is 0 Å². The van der Waals surface area contributed by atoms with Crippen LogP contribution in [0.25, 0.3) is 11.1 Å². The van der Waals surface area contributed by atoms with Gasteiger partial charge in [-0.25, -0.2) is 4.79 Å². The lowest BCUT2D eigenvalue weighted by atomic mass is 10.1. The Morgan fingerprint density at radius 1 is 1.29 bits per heavy atom. The maximum absolute atomic E-state index is 11.4. The summed E-state index contributed by atoms with van der Waals surface area (Å²) in [4.78, 5) is 26.7. The minimum absolute atomic E-state index is 0.399. The number of rotatable bonds is 1. The monoisotopic (exact) mass is 192 g/mol. The first kappa shape index (κ1) is 8.55. The molecule has 0 bridgehead atoms. The Labute approximate surface area is 78.4 Å². The number of aromatic nitrogens is 2. The van der Waals surface area contributed by atoms with Crippen LogP contribution in [0.1, 0.15) is 5.76 Å². The SMILES string of the molecule is Cc1occc1-c1c[nH]c(=O)[nH]c1=O. The van der Waals surface area contributed by atoms with Crippen LogP contribution >= 0.6 is 0 Å². The third kappa shape index (κ3) is 1.28. The van der Waals surface area contributed by atoms with Crippen LogP contribution in [0.4, 0.5) is 0 Å². The van der Waals surface area contributed by atoms with Gasteiger partial charge in [-0.2, -0.15) is 0 Å². The fourth-order valence-corrected chi connectivity index (χ4v) is 1.27. The third-order valence-electron chi connectivity index (χ3n) is 1.97. The van der Waals surface area contributed by atoms with Crippen molar-refractivity contribution in [3.63, 3.8) is 0 Å². The lowest BCUT2D eigenvalue weighted by molar-refractivity contribution is 0.535. The largest absolute Gasteiger partial charge is 0.469 e. The third-order valence-corrected chi connectivity index (χ3v) is 1.97. The van der Waals surface area contributed by atoms with E-state index < -0.39 is 11.2 Å². The minimum Gasteiger partial charge on any atom is -0.469 e. The molecule has 14 heavy (non-hydrogen) atoms. The molecule has 2 aromatic rings. The normalized spacial score (nSPS) is 10.4. The van der Waals surface area contributed by atoms with Crippen molar-refractivity contribution in [3.05, 3.63) is 45.1 Å². The second-order valence-electron chi connectivity index (χ2n) is 2.88. The lowest BCUT2D eigenvalue weighted by Gasteiger charge is -1.95. The lowest BCUT2D eigenvalue weighted by Crippen LogP contribution is -2.22. The van der Waals surface area contributed by atoms with Crippen LogP contribution in [0, 0.1) is 6.92 Å². The molecule has 2 aromatic heterocycles. The van der Waals surface area contributed by atoms with Crippen molar-refractivity contribution in [2.45, 2.75) is 6.92 Å². The predicted octanol–water partition coefficient (Wildman–Crippen LogP) is 0.632. The minimum atomic E-state index is -0.514. The molecule has 5 heteroatoms. The Kier molecular flexibility index (Phi) is 1.85. The van der Waals surface area contributed by atoms with Crippen molar-refractivity contribution in [1.29, 1.82) is 0 Å². The van der Waals surface area contributed by atoms with Crippen molar-refractivity contribution in [1.82, 2.24) is 9.97 Å².